The van der Waals surface area contributed by atoms with Gasteiger partial charge in [-0.1, -0.05) is 35.9 Å². The fourth-order valence-corrected chi connectivity index (χ4v) is 3.40. The zero-order valence-corrected chi connectivity index (χ0v) is 14.4. The van der Waals surface area contributed by atoms with Crippen molar-refractivity contribution in [2.24, 2.45) is 0 Å². The van der Waals surface area contributed by atoms with Crippen LogP contribution in [0.2, 0.25) is 5.02 Å². The molecule has 2 nitrogen and oxygen atoms in total. The lowest BCUT2D eigenvalue weighted by atomic mass is 9.95. The minimum absolute atomic E-state index is 0.223. The third-order valence-corrected chi connectivity index (χ3v) is 4.71. The van der Waals surface area contributed by atoms with Gasteiger partial charge < -0.3 is 5.32 Å². The second-order valence-electron chi connectivity index (χ2n) is 6.22. The zero-order valence-electron chi connectivity index (χ0n) is 13.7. The second kappa shape index (κ2) is 7.77. The van der Waals surface area contributed by atoms with E-state index in [1.165, 1.54) is 12.1 Å². The first kappa shape index (κ1) is 18.2. The molecule has 0 saturated carbocycles. The molecule has 0 amide bonds. The Balaban J connectivity index is 2.02. The van der Waals surface area contributed by atoms with Crippen molar-refractivity contribution in [3.05, 3.63) is 70.2 Å². The molecule has 0 radical (unpaired) electrons. The lowest BCUT2D eigenvalue weighted by molar-refractivity contribution is -0.137. The van der Waals surface area contributed by atoms with Gasteiger partial charge in [0.25, 0.3) is 0 Å². The largest absolute Gasteiger partial charge is 0.416 e. The maximum atomic E-state index is 13.2. The number of nitrogens with zero attached hydrogens (tertiary/aromatic N) is 1. The van der Waals surface area contributed by atoms with E-state index in [0.29, 0.717) is 10.6 Å². The smallest absolute Gasteiger partial charge is 0.315 e. The van der Waals surface area contributed by atoms with Crippen LogP contribution >= 0.6 is 11.6 Å². The van der Waals surface area contributed by atoms with Gasteiger partial charge in [-0.15, -0.1) is 0 Å². The normalized spacial score (nSPS) is 17.9. The molecular formula is C19H20ClF3N2. The van der Waals surface area contributed by atoms with Gasteiger partial charge in [0, 0.05) is 24.7 Å². The Morgan fingerprint density at radius 3 is 2.44 bits per heavy atom. The molecule has 2 aromatic carbocycles. The first-order valence-corrected chi connectivity index (χ1v) is 8.70. The Morgan fingerprint density at radius 1 is 0.960 bits per heavy atom. The number of benzene rings is 2. The van der Waals surface area contributed by atoms with E-state index in [1.54, 1.807) is 18.2 Å². The highest BCUT2D eigenvalue weighted by Gasteiger charge is 2.32. The summed E-state index contributed by atoms with van der Waals surface area (Å²) in [6.07, 6.45) is -3.38. The Labute approximate surface area is 150 Å². The van der Waals surface area contributed by atoms with Gasteiger partial charge in [0.05, 0.1) is 11.6 Å². The quantitative estimate of drug-likeness (QED) is 0.841. The molecule has 0 aliphatic carbocycles. The summed E-state index contributed by atoms with van der Waals surface area (Å²) in [6.45, 7) is 3.36. The van der Waals surface area contributed by atoms with E-state index in [2.05, 4.69) is 10.2 Å². The van der Waals surface area contributed by atoms with Gasteiger partial charge in [-0.3, -0.25) is 4.90 Å². The summed E-state index contributed by atoms with van der Waals surface area (Å²) in [5, 5.41) is 3.95. The molecule has 1 heterocycles. The third-order valence-electron chi connectivity index (χ3n) is 4.46. The summed E-state index contributed by atoms with van der Waals surface area (Å²) in [7, 11) is 0. The maximum Gasteiger partial charge on any atom is 0.416 e. The lowest BCUT2D eigenvalue weighted by Crippen LogP contribution is -2.33. The fourth-order valence-electron chi connectivity index (χ4n) is 3.27. The molecule has 1 saturated heterocycles. The molecular weight excluding hydrogens is 349 g/mol. The Morgan fingerprint density at radius 2 is 1.72 bits per heavy atom. The van der Waals surface area contributed by atoms with Crippen LogP contribution in [-0.2, 0) is 6.18 Å². The van der Waals surface area contributed by atoms with Gasteiger partial charge in [0.1, 0.15) is 0 Å². The van der Waals surface area contributed by atoms with Gasteiger partial charge in [-0.05, 0) is 48.4 Å². The van der Waals surface area contributed by atoms with Crippen LogP contribution in [-0.4, -0.2) is 31.1 Å². The van der Waals surface area contributed by atoms with E-state index >= 15 is 0 Å². The fraction of sp³-hybridized carbons (Fsp3) is 0.368. The van der Waals surface area contributed by atoms with Gasteiger partial charge in [0.2, 0.25) is 0 Å². The minimum atomic E-state index is -4.35. The second-order valence-corrected chi connectivity index (χ2v) is 6.65. The van der Waals surface area contributed by atoms with Crippen molar-refractivity contribution in [3.8, 4) is 0 Å². The van der Waals surface area contributed by atoms with Crippen LogP contribution in [0, 0.1) is 0 Å². The molecule has 6 heteroatoms. The Hall–Kier alpha value is -1.56. The van der Waals surface area contributed by atoms with Crippen LogP contribution in [0.4, 0.5) is 13.2 Å². The highest BCUT2D eigenvalue weighted by molar-refractivity contribution is 6.30. The molecule has 0 aromatic heterocycles. The lowest BCUT2D eigenvalue weighted by Gasteiger charge is -2.31. The van der Waals surface area contributed by atoms with Gasteiger partial charge >= 0.3 is 6.18 Å². The molecule has 134 valence electrons. The van der Waals surface area contributed by atoms with E-state index in [0.717, 1.165) is 44.2 Å². The summed E-state index contributed by atoms with van der Waals surface area (Å²) in [6, 6.07) is 12.8. The van der Waals surface area contributed by atoms with Gasteiger partial charge in [-0.2, -0.15) is 13.2 Å². The van der Waals surface area contributed by atoms with E-state index in [4.69, 9.17) is 11.6 Å². The average molecular weight is 369 g/mol. The van der Waals surface area contributed by atoms with Crippen molar-refractivity contribution in [2.75, 3.05) is 26.2 Å². The maximum absolute atomic E-state index is 13.2. The molecule has 2 aromatic rings. The van der Waals surface area contributed by atoms with Crippen LogP contribution < -0.4 is 5.32 Å². The van der Waals surface area contributed by atoms with Gasteiger partial charge in [-0.25, -0.2) is 0 Å². The van der Waals surface area contributed by atoms with E-state index in [9.17, 15) is 13.2 Å². The van der Waals surface area contributed by atoms with Crippen molar-refractivity contribution >= 4 is 11.6 Å². The standard InChI is InChI=1S/C19H20ClF3N2/c20-17-7-5-14(6-8-17)18(25-11-2-9-24-10-12-25)15-3-1-4-16(13-15)19(21,22)23/h1,3-8,13,18,24H,2,9-12H2. The number of hydrogen-bond donors (Lipinski definition) is 1. The first-order valence-electron chi connectivity index (χ1n) is 8.32. The van der Waals surface area contributed by atoms with Crippen LogP contribution in [0.1, 0.15) is 29.2 Å². The summed E-state index contributed by atoms with van der Waals surface area (Å²) >= 11 is 5.99. The number of halogens is 4. The molecule has 1 fully saturated rings. The Bertz CT molecular complexity index is 693. The van der Waals surface area contributed by atoms with Crippen molar-refractivity contribution in [2.45, 2.75) is 18.6 Å². The highest BCUT2D eigenvalue weighted by atomic mass is 35.5. The van der Waals surface area contributed by atoms with Crippen molar-refractivity contribution in [3.63, 3.8) is 0 Å². The highest BCUT2D eigenvalue weighted by Crippen LogP contribution is 2.35. The van der Waals surface area contributed by atoms with Crippen molar-refractivity contribution in [1.29, 1.82) is 0 Å². The average Bonchev–Trinajstić information content (AvgIpc) is 2.86. The molecule has 1 aliphatic rings. The van der Waals surface area contributed by atoms with Crippen LogP contribution in [0.25, 0.3) is 0 Å². The molecule has 3 rings (SSSR count). The van der Waals surface area contributed by atoms with Crippen molar-refractivity contribution < 1.29 is 13.2 Å². The summed E-state index contributed by atoms with van der Waals surface area (Å²) in [5.74, 6) is 0. The third kappa shape index (κ3) is 4.54. The predicted octanol–water partition coefficient (Wildman–Crippen LogP) is 4.74. The number of nitrogens with one attached hydrogen (secondary N) is 1. The molecule has 0 spiro atoms. The van der Waals surface area contributed by atoms with Crippen LogP contribution in [0.5, 0.6) is 0 Å². The summed E-state index contributed by atoms with van der Waals surface area (Å²) < 4.78 is 39.5. The number of hydrogen-bond acceptors (Lipinski definition) is 2. The SMILES string of the molecule is FC(F)(F)c1cccc(C(c2ccc(Cl)cc2)N2CCCNCC2)c1. The van der Waals surface area contributed by atoms with Gasteiger partial charge in [0.15, 0.2) is 0 Å². The van der Waals surface area contributed by atoms with E-state index in [1.807, 2.05) is 12.1 Å². The molecule has 1 N–H and O–H groups in total. The molecule has 1 atom stereocenters. The molecule has 0 bridgehead atoms. The van der Waals surface area contributed by atoms with Crippen LogP contribution in [0.15, 0.2) is 48.5 Å². The molecule has 1 aliphatic heterocycles. The molecule has 1 unspecified atom stereocenters. The van der Waals surface area contributed by atoms with E-state index in [-0.39, 0.29) is 6.04 Å². The molecule has 25 heavy (non-hydrogen) atoms. The monoisotopic (exact) mass is 368 g/mol. The number of rotatable bonds is 3. The topological polar surface area (TPSA) is 15.3 Å². The Kier molecular flexibility index (Phi) is 5.67. The zero-order chi connectivity index (χ0) is 17.9. The van der Waals surface area contributed by atoms with Crippen molar-refractivity contribution in [1.82, 2.24) is 10.2 Å². The summed E-state index contributed by atoms with van der Waals surface area (Å²) in [5.41, 5.74) is 0.988. The van der Waals surface area contributed by atoms with E-state index < -0.39 is 11.7 Å². The predicted molar refractivity (Wildman–Crippen MR) is 93.8 cm³/mol. The van der Waals surface area contributed by atoms with Crippen LogP contribution in [0.3, 0.4) is 0 Å². The minimum Gasteiger partial charge on any atom is -0.315 e. The first-order chi connectivity index (χ1) is 11.9. The summed E-state index contributed by atoms with van der Waals surface area (Å²) in [4.78, 5) is 2.23. The number of alkyl halides is 3.